The summed E-state index contributed by atoms with van der Waals surface area (Å²) in [6.07, 6.45) is 10.6. The van der Waals surface area contributed by atoms with Gasteiger partial charge in [-0.3, -0.25) is 4.84 Å². The van der Waals surface area contributed by atoms with Crippen LogP contribution in [-0.2, 0) is 4.84 Å². The van der Waals surface area contributed by atoms with Crippen LogP contribution in [0.1, 0.15) is 64.0 Å². The Kier molecular flexibility index (Phi) is 10.3. The van der Waals surface area contributed by atoms with Gasteiger partial charge in [0.2, 0.25) is 0 Å². The second-order valence-corrected chi connectivity index (χ2v) is 5.99. The summed E-state index contributed by atoms with van der Waals surface area (Å²) in [6, 6.07) is 11.0. The molecule has 2 unspecified atom stereocenters. The van der Waals surface area contributed by atoms with Crippen molar-refractivity contribution in [1.82, 2.24) is 5.06 Å². The lowest BCUT2D eigenvalue weighted by molar-refractivity contribution is -0.222. The molecule has 0 saturated carbocycles. The summed E-state index contributed by atoms with van der Waals surface area (Å²) in [7, 11) is 0. The first-order valence-corrected chi connectivity index (χ1v) is 8.96. The van der Waals surface area contributed by atoms with Gasteiger partial charge in [0.1, 0.15) is 6.10 Å². The van der Waals surface area contributed by atoms with Gasteiger partial charge < -0.3 is 0 Å². The zero-order valence-corrected chi connectivity index (χ0v) is 14.9. The fourth-order valence-electron chi connectivity index (χ4n) is 2.85. The molecule has 1 aromatic rings. The fraction of sp³-hybridized carbons (Fsp3) is 0.524. The topological polar surface area (TPSA) is 12.5 Å². The number of benzene rings is 1. The number of hydroxylamine groups is 2. The Morgan fingerprint density at radius 2 is 1.70 bits per heavy atom. The SMILES string of the molecule is C=CCCC(CCC)N(CC=C)OC(CCC)c1ccccc1. The lowest BCUT2D eigenvalue weighted by Gasteiger charge is -2.33. The Hall–Kier alpha value is -1.38. The van der Waals surface area contributed by atoms with Crippen LogP contribution >= 0.6 is 0 Å². The molecule has 0 amide bonds. The molecule has 2 nitrogen and oxygen atoms in total. The summed E-state index contributed by atoms with van der Waals surface area (Å²) in [5.41, 5.74) is 1.25. The van der Waals surface area contributed by atoms with Gasteiger partial charge in [-0.1, -0.05) is 69.2 Å². The number of hydrogen-bond donors (Lipinski definition) is 0. The van der Waals surface area contributed by atoms with Crippen molar-refractivity contribution in [1.29, 1.82) is 0 Å². The van der Waals surface area contributed by atoms with Gasteiger partial charge in [0, 0.05) is 12.6 Å². The van der Waals surface area contributed by atoms with E-state index in [1.807, 2.05) is 12.2 Å². The highest BCUT2D eigenvalue weighted by Gasteiger charge is 2.22. The van der Waals surface area contributed by atoms with Crippen LogP contribution in [0.25, 0.3) is 0 Å². The molecule has 2 atom stereocenters. The molecule has 0 saturated heterocycles. The quantitative estimate of drug-likeness (QED) is 0.323. The molecule has 0 bridgehead atoms. The van der Waals surface area contributed by atoms with Crippen LogP contribution in [0, 0.1) is 0 Å². The standard InChI is InChI=1S/C21H33NO/c1-5-9-17-20(13-6-2)22(18-8-4)23-21(14-7-3)19-15-11-10-12-16-19/h5,8,10-12,15-16,20-21H,1,4,6-7,9,13-14,17-18H2,2-3H3. The van der Waals surface area contributed by atoms with E-state index in [-0.39, 0.29) is 6.10 Å². The van der Waals surface area contributed by atoms with Crippen molar-refractivity contribution in [3.63, 3.8) is 0 Å². The van der Waals surface area contributed by atoms with Crippen LogP contribution in [0.15, 0.2) is 55.6 Å². The summed E-state index contributed by atoms with van der Waals surface area (Å²) >= 11 is 0. The minimum Gasteiger partial charge on any atom is -0.290 e. The van der Waals surface area contributed by atoms with Crippen molar-refractivity contribution in [2.45, 2.75) is 64.5 Å². The van der Waals surface area contributed by atoms with Crippen molar-refractivity contribution in [2.24, 2.45) is 0 Å². The molecule has 1 rings (SSSR count). The van der Waals surface area contributed by atoms with Gasteiger partial charge in [-0.15, -0.1) is 13.2 Å². The van der Waals surface area contributed by atoms with Crippen LogP contribution < -0.4 is 0 Å². The predicted molar refractivity (Wildman–Crippen MR) is 100 cm³/mol. The third-order valence-electron chi connectivity index (χ3n) is 4.03. The lowest BCUT2D eigenvalue weighted by atomic mass is 10.0. The summed E-state index contributed by atoms with van der Waals surface area (Å²) < 4.78 is 0. The van der Waals surface area contributed by atoms with Gasteiger partial charge in [0.05, 0.1) is 0 Å². The molecular weight excluding hydrogens is 282 g/mol. The first-order chi connectivity index (χ1) is 11.3. The van der Waals surface area contributed by atoms with Crippen LogP contribution in [0.4, 0.5) is 0 Å². The van der Waals surface area contributed by atoms with Gasteiger partial charge in [-0.05, 0) is 31.2 Å². The highest BCUT2D eigenvalue weighted by Crippen LogP contribution is 2.26. The second-order valence-electron chi connectivity index (χ2n) is 5.99. The number of rotatable bonds is 13. The summed E-state index contributed by atoms with van der Waals surface area (Å²) in [5, 5.41) is 2.15. The molecule has 0 spiro atoms. The maximum Gasteiger partial charge on any atom is 0.104 e. The summed E-state index contributed by atoms with van der Waals surface area (Å²) in [6.45, 7) is 13.0. The number of hydrogen-bond acceptors (Lipinski definition) is 2. The van der Waals surface area contributed by atoms with Crippen LogP contribution in [0.5, 0.6) is 0 Å². The first-order valence-electron chi connectivity index (χ1n) is 8.96. The van der Waals surface area contributed by atoms with E-state index in [0.29, 0.717) is 6.04 Å². The highest BCUT2D eigenvalue weighted by atomic mass is 16.7. The van der Waals surface area contributed by atoms with E-state index in [1.165, 1.54) is 5.56 Å². The Labute approximate surface area is 142 Å². The van der Waals surface area contributed by atoms with Crippen molar-refractivity contribution in [3.05, 3.63) is 61.2 Å². The maximum absolute atomic E-state index is 6.46. The van der Waals surface area contributed by atoms with Crippen LogP contribution in [0.2, 0.25) is 0 Å². The third kappa shape index (κ3) is 7.15. The average molecular weight is 316 g/mol. The second kappa shape index (κ2) is 12.1. The molecular formula is C21H33NO. The molecule has 0 radical (unpaired) electrons. The number of nitrogens with zero attached hydrogens (tertiary/aromatic N) is 1. The molecule has 0 aliphatic heterocycles. The minimum absolute atomic E-state index is 0.115. The van der Waals surface area contributed by atoms with Crippen LogP contribution in [0.3, 0.4) is 0 Å². The predicted octanol–water partition coefficient (Wildman–Crippen LogP) is 6.08. The molecule has 128 valence electrons. The van der Waals surface area contributed by atoms with Gasteiger partial charge >= 0.3 is 0 Å². The van der Waals surface area contributed by atoms with E-state index >= 15 is 0 Å². The third-order valence-corrected chi connectivity index (χ3v) is 4.03. The smallest absolute Gasteiger partial charge is 0.104 e. The lowest BCUT2D eigenvalue weighted by Crippen LogP contribution is -2.36. The molecule has 0 aliphatic carbocycles. The monoisotopic (exact) mass is 315 g/mol. The van der Waals surface area contributed by atoms with Crippen molar-refractivity contribution in [2.75, 3.05) is 6.54 Å². The van der Waals surface area contributed by atoms with E-state index in [4.69, 9.17) is 4.84 Å². The van der Waals surface area contributed by atoms with Gasteiger partial charge in [-0.25, -0.2) is 0 Å². The fourth-order valence-corrected chi connectivity index (χ4v) is 2.85. The zero-order valence-electron chi connectivity index (χ0n) is 14.9. The van der Waals surface area contributed by atoms with Crippen molar-refractivity contribution in [3.8, 4) is 0 Å². The summed E-state index contributed by atoms with van der Waals surface area (Å²) in [5.74, 6) is 0. The Morgan fingerprint density at radius 1 is 1.00 bits per heavy atom. The number of allylic oxidation sites excluding steroid dienone is 1. The first kappa shape index (κ1) is 19.7. The Bertz CT molecular complexity index is 429. The van der Waals surface area contributed by atoms with E-state index in [2.05, 4.69) is 62.4 Å². The summed E-state index contributed by atoms with van der Waals surface area (Å²) in [4.78, 5) is 6.46. The largest absolute Gasteiger partial charge is 0.290 e. The minimum atomic E-state index is 0.115. The van der Waals surface area contributed by atoms with Crippen molar-refractivity contribution < 1.29 is 4.84 Å². The average Bonchev–Trinajstić information content (AvgIpc) is 2.58. The molecule has 0 heterocycles. The van der Waals surface area contributed by atoms with Crippen LogP contribution in [-0.4, -0.2) is 17.6 Å². The van der Waals surface area contributed by atoms with E-state index in [9.17, 15) is 0 Å². The molecule has 0 aromatic heterocycles. The molecule has 0 N–H and O–H groups in total. The van der Waals surface area contributed by atoms with E-state index in [0.717, 1.165) is 45.1 Å². The maximum atomic E-state index is 6.46. The molecule has 2 heteroatoms. The molecule has 1 aromatic carbocycles. The normalized spacial score (nSPS) is 13.7. The van der Waals surface area contributed by atoms with Gasteiger partial charge in [0.25, 0.3) is 0 Å². The van der Waals surface area contributed by atoms with Gasteiger partial charge in [0.15, 0.2) is 0 Å². The highest BCUT2D eigenvalue weighted by molar-refractivity contribution is 5.17. The molecule has 0 aliphatic rings. The van der Waals surface area contributed by atoms with E-state index in [1.54, 1.807) is 0 Å². The Morgan fingerprint density at radius 3 is 2.26 bits per heavy atom. The molecule has 0 fully saturated rings. The molecule has 23 heavy (non-hydrogen) atoms. The van der Waals surface area contributed by atoms with E-state index < -0.39 is 0 Å². The Balaban J connectivity index is 2.87. The van der Waals surface area contributed by atoms with Crippen molar-refractivity contribution >= 4 is 0 Å². The van der Waals surface area contributed by atoms with Gasteiger partial charge in [-0.2, -0.15) is 5.06 Å². The zero-order chi connectivity index (χ0) is 16.9.